The number of nitrogen functional groups attached to an aromatic ring is 1. The van der Waals surface area contributed by atoms with Gasteiger partial charge in [0.15, 0.2) is 5.82 Å². The van der Waals surface area contributed by atoms with Crippen LogP contribution >= 0.6 is 0 Å². The van der Waals surface area contributed by atoms with Gasteiger partial charge in [-0.05, 0) is 18.6 Å². The molecule has 106 valence electrons. The van der Waals surface area contributed by atoms with E-state index in [-0.39, 0.29) is 17.5 Å². The summed E-state index contributed by atoms with van der Waals surface area (Å²) in [5, 5.41) is 2.28. The molecule has 0 aromatic heterocycles. The maximum Gasteiger partial charge on any atom is 0.257 e. The Morgan fingerprint density at radius 1 is 1.47 bits per heavy atom. The minimum absolute atomic E-state index is 0.101. The summed E-state index contributed by atoms with van der Waals surface area (Å²) in [7, 11) is -1.00. The minimum atomic E-state index is -1.07. The Bertz CT molecular complexity index is 509. The van der Waals surface area contributed by atoms with Crippen LogP contribution in [0.3, 0.4) is 0 Å². The molecule has 0 aliphatic heterocycles. The van der Waals surface area contributed by atoms with E-state index in [9.17, 15) is 17.8 Å². The average molecular weight is 290 g/mol. The van der Waals surface area contributed by atoms with Crippen LogP contribution in [0.2, 0.25) is 0 Å². The molecule has 2 unspecified atom stereocenters. The van der Waals surface area contributed by atoms with Crippen molar-refractivity contribution >= 4 is 22.4 Å². The monoisotopic (exact) mass is 290 g/mol. The number of benzene rings is 1. The van der Waals surface area contributed by atoms with Crippen molar-refractivity contribution in [2.24, 2.45) is 0 Å². The molecule has 0 radical (unpaired) electrons. The molecule has 0 heterocycles. The fraction of sp³-hybridized carbons (Fsp3) is 0.417. The van der Waals surface area contributed by atoms with E-state index in [1.165, 1.54) is 0 Å². The van der Waals surface area contributed by atoms with E-state index >= 15 is 0 Å². The molecular formula is C12H16F2N2O2S. The topological polar surface area (TPSA) is 72.2 Å². The molecule has 1 amide bonds. The normalized spacial score (nSPS) is 13.9. The molecule has 0 fully saturated rings. The van der Waals surface area contributed by atoms with Gasteiger partial charge < -0.3 is 11.1 Å². The first-order valence-electron chi connectivity index (χ1n) is 5.68. The molecule has 1 rings (SSSR count). The summed E-state index contributed by atoms with van der Waals surface area (Å²) >= 11 is 0. The number of rotatable bonds is 5. The second-order valence-corrected chi connectivity index (χ2v) is 5.98. The summed E-state index contributed by atoms with van der Waals surface area (Å²) in [5.41, 5.74) is 4.31. The molecule has 19 heavy (non-hydrogen) atoms. The summed E-state index contributed by atoms with van der Waals surface area (Å²) in [6.07, 6.45) is 2.02. The number of nitrogens with one attached hydrogen (secondary N) is 1. The van der Waals surface area contributed by atoms with E-state index in [1.807, 2.05) is 0 Å². The number of anilines is 1. The van der Waals surface area contributed by atoms with E-state index in [0.29, 0.717) is 6.42 Å². The van der Waals surface area contributed by atoms with Gasteiger partial charge >= 0.3 is 0 Å². The summed E-state index contributed by atoms with van der Waals surface area (Å²) in [4.78, 5) is 11.7. The quantitative estimate of drug-likeness (QED) is 0.806. The predicted molar refractivity (Wildman–Crippen MR) is 71.2 cm³/mol. The molecule has 2 atom stereocenters. The maximum absolute atomic E-state index is 13.6. The van der Waals surface area contributed by atoms with Crippen molar-refractivity contribution in [3.8, 4) is 0 Å². The van der Waals surface area contributed by atoms with Crippen molar-refractivity contribution in [1.82, 2.24) is 5.32 Å². The van der Waals surface area contributed by atoms with Gasteiger partial charge in [-0.2, -0.15) is 0 Å². The Hall–Kier alpha value is -1.50. The molecule has 4 nitrogen and oxygen atoms in total. The fourth-order valence-electron chi connectivity index (χ4n) is 1.42. The number of carbonyl (C=O) groups excluding carboxylic acids is 1. The Balaban J connectivity index is 2.69. The van der Waals surface area contributed by atoms with Crippen LogP contribution in [0.25, 0.3) is 0 Å². The molecular weight excluding hydrogens is 274 g/mol. The lowest BCUT2D eigenvalue weighted by molar-refractivity contribution is 0.0945. The van der Waals surface area contributed by atoms with Crippen molar-refractivity contribution in [2.45, 2.75) is 18.6 Å². The number of hydrogen-bond acceptors (Lipinski definition) is 3. The van der Waals surface area contributed by atoms with Gasteiger partial charge in [0, 0.05) is 28.9 Å². The highest BCUT2D eigenvalue weighted by molar-refractivity contribution is 7.84. The van der Waals surface area contributed by atoms with Crippen LogP contribution in [-0.2, 0) is 10.8 Å². The molecule has 0 bridgehead atoms. The number of nitrogens with two attached hydrogens (primary N) is 1. The molecule has 0 aliphatic rings. The molecule has 0 aliphatic carbocycles. The molecule has 1 aromatic carbocycles. The van der Waals surface area contributed by atoms with Crippen molar-refractivity contribution in [1.29, 1.82) is 0 Å². The Morgan fingerprint density at radius 3 is 2.68 bits per heavy atom. The zero-order valence-corrected chi connectivity index (χ0v) is 11.5. The summed E-state index contributed by atoms with van der Waals surface area (Å²) in [5.74, 6) is -2.89. The van der Waals surface area contributed by atoms with Crippen LogP contribution in [0.4, 0.5) is 14.5 Å². The lowest BCUT2D eigenvalue weighted by Gasteiger charge is -2.10. The molecule has 7 heteroatoms. The predicted octanol–water partition coefficient (Wildman–Crippen LogP) is 1.43. The van der Waals surface area contributed by atoms with Crippen molar-refractivity contribution in [2.75, 3.05) is 18.5 Å². The minimum Gasteiger partial charge on any atom is -0.396 e. The lowest BCUT2D eigenvalue weighted by atomic mass is 10.1. The van der Waals surface area contributed by atoms with Gasteiger partial charge in [-0.25, -0.2) is 8.78 Å². The zero-order valence-electron chi connectivity index (χ0n) is 10.7. The van der Waals surface area contributed by atoms with E-state index in [2.05, 4.69) is 5.32 Å². The summed E-state index contributed by atoms with van der Waals surface area (Å²) in [6, 6.07) is 2.00. The Labute approximate surface area is 112 Å². The standard InChI is InChI=1S/C12H16F2N2O2S/c1-7(19(2)18)5-6-16-12(17)10-8(13)3-4-9(15)11(10)14/h3-4,7H,5-6,15H2,1-2H3,(H,16,17). The SMILES string of the molecule is CC(CCNC(=O)c1c(F)ccc(N)c1F)S(C)=O. The molecule has 1 aromatic rings. The smallest absolute Gasteiger partial charge is 0.257 e. The van der Waals surface area contributed by atoms with Crippen LogP contribution in [0.15, 0.2) is 12.1 Å². The zero-order chi connectivity index (χ0) is 14.6. The molecule has 3 N–H and O–H groups in total. The van der Waals surface area contributed by atoms with Gasteiger partial charge in [0.1, 0.15) is 11.4 Å². The van der Waals surface area contributed by atoms with Gasteiger partial charge in [-0.3, -0.25) is 9.00 Å². The third kappa shape index (κ3) is 3.99. The van der Waals surface area contributed by atoms with Crippen LogP contribution < -0.4 is 11.1 Å². The molecule has 0 spiro atoms. The molecule has 0 saturated heterocycles. The van der Waals surface area contributed by atoms with Crippen molar-refractivity contribution in [3.63, 3.8) is 0 Å². The third-order valence-electron chi connectivity index (χ3n) is 2.75. The fourth-order valence-corrected chi connectivity index (χ4v) is 1.87. The number of carbonyl (C=O) groups is 1. The average Bonchev–Trinajstić information content (AvgIpc) is 2.34. The van der Waals surface area contributed by atoms with Crippen molar-refractivity contribution in [3.05, 3.63) is 29.3 Å². The first-order valence-corrected chi connectivity index (χ1v) is 7.30. The highest BCUT2D eigenvalue weighted by atomic mass is 32.2. The van der Waals surface area contributed by atoms with E-state index < -0.39 is 33.9 Å². The Morgan fingerprint density at radius 2 is 2.11 bits per heavy atom. The van der Waals surface area contributed by atoms with Crippen LogP contribution in [0.5, 0.6) is 0 Å². The first kappa shape index (κ1) is 15.6. The van der Waals surface area contributed by atoms with Gasteiger partial charge in [0.25, 0.3) is 5.91 Å². The van der Waals surface area contributed by atoms with Crippen molar-refractivity contribution < 1.29 is 17.8 Å². The highest BCUT2D eigenvalue weighted by Crippen LogP contribution is 2.18. The number of amides is 1. The maximum atomic E-state index is 13.6. The lowest BCUT2D eigenvalue weighted by Crippen LogP contribution is -2.29. The number of halogens is 2. The highest BCUT2D eigenvalue weighted by Gasteiger charge is 2.19. The van der Waals surface area contributed by atoms with Crippen LogP contribution in [0.1, 0.15) is 23.7 Å². The van der Waals surface area contributed by atoms with E-state index in [4.69, 9.17) is 5.73 Å². The first-order chi connectivity index (χ1) is 8.84. The largest absolute Gasteiger partial charge is 0.396 e. The number of hydrogen-bond donors (Lipinski definition) is 2. The third-order valence-corrected chi connectivity index (χ3v) is 4.12. The van der Waals surface area contributed by atoms with Crippen LogP contribution in [0, 0.1) is 11.6 Å². The summed E-state index contributed by atoms with van der Waals surface area (Å²) < 4.78 is 38.0. The van der Waals surface area contributed by atoms with Gasteiger partial charge in [0.05, 0.1) is 5.69 Å². The van der Waals surface area contributed by atoms with Gasteiger partial charge in [-0.1, -0.05) is 6.92 Å². The van der Waals surface area contributed by atoms with Crippen LogP contribution in [-0.4, -0.2) is 28.2 Å². The Kier molecular flexibility index (Phi) is 5.41. The van der Waals surface area contributed by atoms with Gasteiger partial charge in [0.2, 0.25) is 0 Å². The second kappa shape index (κ2) is 6.60. The van der Waals surface area contributed by atoms with E-state index in [1.54, 1.807) is 13.2 Å². The molecule has 0 saturated carbocycles. The second-order valence-electron chi connectivity index (χ2n) is 4.18. The van der Waals surface area contributed by atoms with E-state index in [0.717, 1.165) is 12.1 Å². The van der Waals surface area contributed by atoms with Gasteiger partial charge in [-0.15, -0.1) is 0 Å². The summed E-state index contributed by atoms with van der Waals surface area (Å²) in [6.45, 7) is 1.96.